The molecule has 2 rings (SSSR count). The maximum Gasteiger partial charge on any atom is 0.219 e. The summed E-state index contributed by atoms with van der Waals surface area (Å²) in [6, 6.07) is 5.68. The van der Waals surface area contributed by atoms with Gasteiger partial charge in [-0.2, -0.15) is 0 Å². The van der Waals surface area contributed by atoms with Gasteiger partial charge in [0.15, 0.2) is 0 Å². The van der Waals surface area contributed by atoms with Crippen LogP contribution in [0.3, 0.4) is 0 Å². The summed E-state index contributed by atoms with van der Waals surface area (Å²) in [6.07, 6.45) is 0.252. The van der Waals surface area contributed by atoms with Crippen molar-refractivity contribution in [3.63, 3.8) is 0 Å². The van der Waals surface area contributed by atoms with Crippen molar-refractivity contribution in [1.82, 2.24) is 9.55 Å². The van der Waals surface area contributed by atoms with Gasteiger partial charge in [0, 0.05) is 17.4 Å². The Balaban J connectivity index is 2.45. The zero-order valence-corrected chi connectivity index (χ0v) is 10.1. The number of amides is 1. The normalized spacial score (nSPS) is 10.8. The van der Waals surface area contributed by atoms with Crippen molar-refractivity contribution < 1.29 is 4.79 Å². The second-order valence-electron chi connectivity index (χ2n) is 3.47. The first kappa shape index (κ1) is 10.9. The number of nitrogens with zero attached hydrogens (tertiary/aromatic N) is 2. The molecule has 0 aliphatic heterocycles. The molecule has 0 unspecified atom stereocenters. The SMILES string of the molecule is NC(=O)CCn1c(N)nc2ccc(Br)cc21. The molecule has 1 heterocycles. The van der Waals surface area contributed by atoms with Gasteiger partial charge >= 0.3 is 0 Å². The number of aryl methyl sites for hydroxylation is 1. The number of hydrogen-bond donors (Lipinski definition) is 2. The summed E-state index contributed by atoms with van der Waals surface area (Å²) in [6.45, 7) is 0.453. The third-order valence-corrected chi connectivity index (χ3v) is 2.81. The van der Waals surface area contributed by atoms with Crippen LogP contribution in [0.4, 0.5) is 5.95 Å². The summed E-state index contributed by atoms with van der Waals surface area (Å²) >= 11 is 3.38. The van der Waals surface area contributed by atoms with E-state index < -0.39 is 0 Å². The first-order valence-electron chi connectivity index (χ1n) is 4.77. The van der Waals surface area contributed by atoms with E-state index in [2.05, 4.69) is 20.9 Å². The van der Waals surface area contributed by atoms with E-state index >= 15 is 0 Å². The van der Waals surface area contributed by atoms with Crippen LogP contribution < -0.4 is 11.5 Å². The van der Waals surface area contributed by atoms with Crippen molar-refractivity contribution in [3.8, 4) is 0 Å². The average Bonchev–Trinajstić information content (AvgIpc) is 2.51. The van der Waals surface area contributed by atoms with Crippen LogP contribution in [0.25, 0.3) is 11.0 Å². The van der Waals surface area contributed by atoms with Crippen LogP contribution in [0.15, 0.2) is 22.7 Å². The maximum atomic E-state index is 10.7. The lowest BCUT2D eigenvalue weighted by Gasteiger charge is -2.04. The fraction of sp³-hybridized carbons (Fsp3) is 0.200. The van der Waals surface area contributed by atoms with Crippen LogP contribution in [0, 0.1) is 0 Å². The van der Waals surface area contributed by atoms with Gasteiger partial charge < -0.3 is 16.0 Å². The molecule has 4 N–H and O–H groups in total. The fourth-order valence-corrected chi connectivity index (χ4v) is 1.92. The molecule has 6 heteroatoms. The van der Waals surface area contributed by atoms with E-state index in [9.17, 15) is 4.79 Å². The maximum absolute atomic E-state index is 10.7. The number of benzene rings is 1. The molecule has 1 aromatic heterocycles. The number of nitrogens with two attached hydrogens (primary N) is 2. The number of aromatic nitrogens is 2. The van der Waals surface area contributed by atoms with Crippen molar-refractivity contribution in [3.05, 3.63) is 22.7 Å². The Morgan fingerprint density at radius 3 is 2.94 bits per heavy atom. The molecule has 0 aliphatic carbocycles. The standard InChI is InChI=1S/C10H11BrN4O/c11-6-1-2-7-8(5-6)15(10(13)14-7)4-3-9(12)16/h1-2,5H,3-4H2,(H2,12,16)(H2,13,14). The molecule has 0 radical (unpaired) electrons. The van der Waals surface area contributed by atoms with Crippen molar-refractivity contribution >= 4 is 38.8 Å². The Labute approximate surface area is 101 Å². The summed E-state index contributed by atoms with van der Waals surface area (Å²) < 4.78 is 2.73. The number of anilines is 1. The average molecular weight is 283 g/mol. The van der Waals surface area contributed by atoms with E-state index in [0.717, 1.165) is 15.5 Å². The zero-order chi connectivity index (χ0) is 11.7. The highest BCUT2D eigenvalue weighted by Crippen LogP contribution is 2.22. The Bertz CT molecular complexity index is 549. The molecular weight excluding hydrogens is 272 g/mol. The molecule has 0 saturated carbocycles. The van der Waals surface area contributed by atoms with E-state index in [1.807, 2.05) is 18.2 Å². The number of primary amides is 1. The predicted octanol–water partition coefficient (Wildman–Crippen LogP) is 1.26. The Hall–Kier alpha value is -1.56. The van der Waals surface area contributed by atoms with Crippen LogP contribution in [0.2, 0.25) is 0 Å². The molecule has 5 nitrogen and oxygen atoms in total. The molecule has 84 valence electrons. The van der Waals surface area contributed by atoms with Gasteiger partial charge in [-0.3, -0.25) is 4.79 Å². The smallest absolute Gasteiger partial charge is 0.219 e. The minimum Gasteiger partial charge on any atom is -0.370 e. The van der Waals surface area contributed by atoms with Gasteiger partial charge in [0.2, 0.25) is 11.9 Å². The van der Waals surface area contributed by atoms with Gasteiger partial charge in [-0.15, -0.1) is 0 Å². The summed E-state index contributed by atoms with van der Waals surface area (Å²) in [7, 11) is 0. The molecular formula is C10H11BrN4O. The second-order valence-corrected chi connectivity index (χ2v) is 4.39. The molecule has 0 fully saturated rings. The summed E-state index contributed by atoms with van der Waals surface area (Å²) in [5.74, 6) is 0.0468. The van der Waals surface area contributed by atoms with Gasteiger partial charge in [0.25, 0.3) is 0 Å². The molecule has 0 aliphatic rings. The number of hydrogen-bond acceptors (Lipinski definition) is 3. The minimum absolute atomic E-state index is 0.252. The highest BCUT2D eigenvalue weighted by Gasteiger charge is 2.08. The Kier molecular flexibility index (Phi) is 2.82. The molecule has 0 spiro atoms. The van der Waals surface area contributed by atoms with Crippen molar-refractivity contribution in [2.75, 3.05) is 5.73 Å². The van der Waals surface area contributed by atoms with Gasteiger partial charge in [-0.05, 0) is 18.2 Å². The second kappa shape index (κ2) is 4.13. The van der Waals surface area contributed by atoms with Gasteiger partial charge in [-0.25, -0.2) is 4.98 Å². The quantitative estimate of drug-likeness (QED) is 0.888. The molecule has 1 aromatic carbocycles. The molecule has 0 saturated heterocycles. The largest absolute Gasteiger partial charge is 0.370 e. The summed E-state index contributed by atoms with van der Waals surface area (Å²) in [4.78, 5) is 14.9. The minimum atomic E-state index is -0.351. The molecule has 16 heavy (non-hydrogen) atoms. The highest BCUT2D eigenvalue weighted by atomic mass is 79.9. The number of halogens is 1. The summed E-state index contributed by atoms with van der Waals surface area (Å²) in [5, 5.41) is 0. The number of carbonyl (C=O) groups excluding carboxylic acids is 1. The highest BCUT2D eigenvalue weighted by molar-refractivity contribution is 9.10. The number of rotatable bonds is 3. The van der Waals surface area contributed by atoms with Crippen LogP contribution in [-0.4, -0.2) is 15.5 Å². The third-order valence-electron chi connectivity index (χ3n) is 2.32. The van der Waals surface area contributed by atoms with Gasteiger partial charge in [-0.1, -0.05) is 15.9 Å². The van der Waals surface area contributed by atoms with Crippen LogP contribution in [0.5, 0.6) is 0 Å². The molecule has 2 aromatic rings. The number of fused-ring (bicyclic) bond motifs is 1. The van der Waals surface area contributed by atoms with Crippen LogP contribution in [-0.2, 0) is 11.3 Å². The third kappa shape index (κ3) is 2.01. The molecule has 0 atom stereocenters. The van der Waals surface area contributed by atoms with Crippen LogP contribution >= 0.6 is 15.9 Å². The lowest BCUT2D eigenvalue weighted by Crippen LogP contribution is -2.14. The molecule has 0 bridgehead atoms. The van der Waals surface area contributed by atoms with Gasteiger partial charge in [0.05, 0.1) is 11.0 Å². The van der Waals surface area contributed by atoms with Crippen molar-refractivity contribution in [1.29, 1.82) is 0 Å². The summed E-state index contributed by atoms with van der Waals surface area (Å²) in [5.41, 5.74) is 12.6. The monoisotopic (exact) mass is 282 g/mol. The predicted molar refractivity (Wildman–Crippen MR) is 65.7 cm³/mol. The van der Waals surface area contributed by atoms with Crippen LogP contribution in [0.1, 0.15) is 6.42 Å². The van der Waals surface area contributed by atoms with Crippen molar-refractivity contribution in [2.45, 2.75) is 13.0 Å². The first-order chi connectivity index (χ1) is 7.58. The number of carbonyl (C=O) groups is 1. The number of imidazole rings is 1. The fourth-order valence-electron chi connectivity index (χ4n) is 1.57. The topological polar surface area (TPSA) is 86.9 Å². The molecule has 1 amide bonds. The van der Waals surface area contributed by atoms with E-state index in [1.54, 1.807) is 4.57 Å². The van der Waals surface area contributed by atoms with E-state index in [4.69, 9.17) is 11.5 Å². The van der Waals surface area contributed by atoms with E-state index in [0.29, 0.717) is 12.5 Å². The van der Waals surface area contributed by atoms with E-state index in [1.165, 1.54) is 0 Å². The lowest BCUT2D eigenvalue weighted by molar-refractivity contribution is -0.118. The Morgan fingerprint density at radius 1 is 1.50 bits per heavy atom. The zero-order valence-electron chi connectivity index (χ0n) is 8.48. The lowest BCUT2D eigenvalue weighted by atomic mass is 10.3. The Morgan fingerprint density at radius 2 is 2.25 bits per heavy atom. The van der Waals surface area contributed by atoms with E-state index in [-0.39, 0.29) is 12.3 Å². The van der Waals surface area contributed by atoms with Crippen molar-refractivity contribution in [2.24, 2.45) is 5.73 Å². The van der Waals surface area contributed by atoms with Gasteiger partial charge in [0.1, 0.15) is 0 Å². The first-order valence-corrected chi connectivity index (χ1v) is 5.57. The number of nitrogen functional groups attached to an aromatic ring is 1.